The van der Waals surface area contributed by atoms with E-state index < -0.39 is 5.97 Å². The van der Waals surface area contributed by atoms with Crippen LogP contribution in [0.4, 0.5) is 0 Å². The zero-order valence-corrected chi connectivity index (χ0v) is 10.9. The molecule has 0 aliphatic carbocycles. The number of benzene rings is 1. The molecule has 0 spiro atoms. The Morgan fingerprint density at radius 2 is 1.85 bits per heavy atom. The van der Waals surface area contributed by atoms with Crippen LogP contribution in [-0.2, 0) is 11.2 Å². The number of hydrogen-bond acceptors (Lipinski definition) is 2. The summed E-state index contributed by atoms with van der Waals surface area (Å²) in [5.41, 5.74) is 3.82. The maximum atomic E-state index is 10.9. The molecule has 0 aliphatic heterocycles. The third kappa shape index (κ3) is 2.28. The molecular formula is C16H14N2O2. The fourth-order valence-electron chi connectivity index (χ4n) is 2.36. The molecule has 3 rings (SSSR count). The Labute approximate surface area is 116 Å². The number of rotatable bonds is 4. The third-order valence-electron chi connectivity index (χ3n) is 3.28. The van der Waals surface area contributed by atoms with E-state index >= 15 is 0 Å². The number of aliphatic carboxylic acids is 1. The molecule has 2 heterocycles. The lowest BCUT2D eigenvalue weighted by atomic mass is 10.0. The Morgan fingerprint density at radius 1 is 1.10 bits per heavy atom. The number of carboxylic acids is 1. The topological polar surface area (TPSA) is 54.6 Å². The molecule has 1 aromatic carbocycles. The second-order valence-electron chi connectivity index (χ2n) is 4.62. The normalized spacial score (nSPS) is 10.8. The molecule has 0 radical (unpaired) electrons. The first kappa shape index (κ1) is 12.4. The summed E-state index contributed by atoms with van der Waals surface area (Å²) in [6.07, 6.45) is 2.47. The molecule has 4 nitrogen and oxygen atoms in total. The third-order valence-corrected chi connectivity index (χ3v) is 3.28. The van der Waals surface area contributed by atoms with E-state index in [0.29, 0.717) is 6.42 Å². The number of carboxylic acid groups (broad SMARTS) is 1. The number of pyridine rings is 1. The van der Waals surface area contributed by atoms with Crippen LogP contribution in [0.1, 0.15) is 12.0 Å². The summed E-state index contributed by atoms with van der Waals surface area (Å²) in [5.74, 6) is -0.792. The number of fused-ring (bicyclic) bond motifs is 1. The largest absolute Gasteiger partial charge is 0.481 e. The van der Waals surface area contributed by atoms with Gasteiger partial charge >= 0.3 is 5.97 Å². The zero-order chi connectivity index (χ0) is 13.9. The Balaban J connectivity index is 2.15. The van der Waals surface area contributed by atoms with Crippen LogP contribution >= 0.6 is 0 Å². The first-order valence-corrected chi connectivity index (χ1v) is 6.49. The van der Waals surface area contributed by atoms with E-state index in [0.717, 1.165) is 22.3 Å². The number of aromatic nitrogens is 2. The SMILES string of the molecule is O=C(O)CCc1c(-c2ccccc2)nn2ccccc12. The van der Waals surface area contributed by atoms with Crippen molar-refractivity contribution < 1.29 is 9.90 Å². The summed E-state index contributed by atoms with van der Waals surface area (Å²) in [5, 5.41) is 13.5. The van der Waals surface area contributed by atoms with Crippen molar-refractivity contribution in [2.45, 2.75) is 12.8 Å². The van der Waals surface area contributed by atoms with Crippen molar-refractivity contribution in [3.63, 3.8) is 0 Å². The average molecular weight is 266 g/mol. The Bertz CT molecular complexity index is 748. The summed E-state index contributed by atoms with van der Waals surface area (Å²) in [6, 6.07) is 15.7. The van der Waals surface area contributed by atoms with Crippen molar-refractivity contribution in [2.24, 2.45) is 0 Å². The van der Waals surface area contributed by atoms with Gasteiger partial charge in [-0.05, 0) is 18.6 Å². The zero-order valence-electron chi connectivity index (χ0n) is 10.9. The summed E-state index contributed by atoms with van der Waals surface area (Å²) < 4.78 is 1.81. The van der Waals surface area contributed by atoms with Gasteiger partial charge in [0.05, 0.1) is 11.2 Å². The van der Waals surface area contributed by atoms with Gasteiger partial charge in [-0.2, -0.15) is 5.10 Å². The summed E-state index contributed by atoms with van der Waals surface area (Å²) in [7, 11) is 0. The lowest BCUT2D eigenvalue weighted by molar-refractivity contribution is -0.136. The fraction of sp³-hybridized carbons (Fsp3) is 0.125. The van der Waals surface area contributed by atoms with Crippen molar-refractivity contribution >= 4 is 11.5 Å². The molecule has 0 amide bonds. The molecular weight excluding hydrogens is 252 g/mol. The van der Waals surface area contributed by atoms with Crippen molar-refractivity contribution in [1.82, 2.24) is 9.61 Å². The first-order chi connectivity index (χ1) is 9.75. The van der Waals surface area contributed by atoms with Gasteiger partial charge in [0.15, 0.2) is 0 Å². The van der Waals surface area contributed by atoms with Crippen LogP contribution in [0.15, 0.2) is 54.7 Å². The van der Waals surface area contributed by atoms with E-state index in [1.54, 1.807) is 4.52 Å². The van der Waals surface area contributed by atoms with Gasteiger partial charge < -0.3 is 5.11 Å². The van der Waals surface area contributed by atoms with Gasteiger partial charge in [-0.25, -0.2) is 4.52 Å². The van der Waals surface area contributed by atoms with Gasteiger partial charge in [0, 0.05) is 23.7 Å². The molecule has 100 valence electrons. The molecule has 20 heavy (non-hydrogen) atoms. The van der Waals surface area contributed by atoms with E-state index in [4.69, 9.17) is 5.11 Å². The van der Waals surface area contributed by atoms with Crippen LogP contribution in [-0.4, -0.2) is 20.7 Å². The number of carbonyl (C=O) groups is 1. The van der Waals surface area contributed by atoms with Crippen LogP contribution in [0.5, 0.6) is 0 Å². The van der Waals surface area contributed by atoms with Gasteiger partial charge in [-0.15, -0.1) is 0 Å². The van der Waals surface area contributed by atoms with Crippen LogP contribution in [0, 0.1) is 0 Å². The van der Waals surface area contributed by atoms with E-state index in [9.17, 15) is 4.79 Å². The van der Waals surface area contributed by atoms with Crippen molar-refractivity contribution in [3.8, 4) is 11.3 Å². The van der Waals surface area contributed by atoms with Crippen molar-refractivity contribution in [1.29, 1.82) is 0 Å². The molecule has 1 N–H and O–H groups in total. The highest BCUT2D eigenvalue weighted by atomic mass is 16.4. The number of aryl methyl sites for hydroxylation is 1. The predicted octanol–water partition coefficient (Wildman–Crippen LogP) is 3.02. The molecule has 4 heteroatoms. The molecule has 0 unspecified atom stereocenters. The lowest BCUT2D eigenvalue weighted by Gasteiger charge is -2.01. The van der Waals surface area contributed by atoms with E-state index in [-0.39, 0.29) is 6.42 Å². The van der Waals surface area contributed by atoms with Gasteiger partial charge in [0.2, 0.25) is 0 Å². The number of hydrogen-bond donors (Lipinski definition) is 1. The quantitative estimate of drug-likeness (QED) is 0.789. The molecule has 2 aromatic heterocycles. The van der Waals surface area contributed by atoms with Crippen LogP contribution < -0.4 is 0 Å². The number of nitrogens with zero attached hydrogens (tertiary/aromatic N) is 2. The fourth-order valence-corrected chi connectivity index (χ4v) is 2.36. The van der Waals surface area contributed by atoms with Crippen LogP contribution in [0.2, 0.25) is 0 Å². The monoisotopic (exact) mass is 266 g/mol. The van der Waals surface area contributed by atoms with Crippen LogP contribution in [0.25, 0.3) is 16.8 Å². The second-order valence-corrected chi connectivity index (χ2v) is 4.62. The van der Waals surface area contributed by atoms with E-state index in [2.05, 4.69) is 5.10 Å². The summed E-state index contributed by atoms with van der Waals surface area (Å²) in [6.45, 7) is 0. The average Bonchev–Trinajstić information content (AvgIpc) is 2.84. The predicted molar refractivity (Wildman–Crippen MR) is 76.6 cm³/mol. The highest BCUT2D eigenvalue weighted by Gasteiger charge is 2.14. The first-order valence-electron chi connectivity index (χ1n) is 6.49. The lowest BCUT2D eigenvalue weighted by Crippen LogP contribution is -1.98. The van der Waals surface area contributed by atoms with Crippen molar-refractivity contribution in [2.75, 3.05) is 0 Å². The highest BCUT2D eigenvalue weighted by molar-refractivity contribution is 5.74. The smallest absolute Gasteiger partial charge is 0.303 e. The minimum absolute atomic E-state index is 0.107. The highest BCUT2D eigenvalue weighted by Crippen LogP contribution is 2.27. The Hall–Kier alpha value is -2.62. The van der Waals surface area contributed by atoms with Gasteiger partial charge in [0.1, 0.15) is 0 Å². The molecule has 0 atom stereocenters. The maximum Gasteiger partial charge on any atom is 0.303 e. The van der Waals surface area contributed by atoms with Crippen LogP contribution in [0.3, 0.4) is 0 Å². The molecule has 0 fully saturated rings. The van der Waals surface area contributed by atoms with Gasteiger partial charge in [-0.3, -0.25) is 4.79 Å². The minimum Gasteiger partial charge on any atom is -0.481 e. The van der Waals surface area contributed by atoms with E-state index in [1.807, 2.05) is 54.7 Å². The molecule has 0 saturated carbocycles. The Kier molecular flexibility index (Phi) is 3.21. The van der Waals surface area contributed by atoms with E-state index in [1.165, 1.54) is 0 Å². The molecule has 0 bridgehead atoms. The second kappa shape index (κ2) is 5.17. The molecule has 0 saturated heterocycles. The summed E-state index contributed by atoms with van der Waals surface area (Å²) in [4.78, 5) is 10.9. The standard InChI is InChI=1S/C16H14N2O2/c19-15(20)10-9-13-14-8-4-5-11-18(14)17-16(13)12-6-2-1-3-7-12/h1-8,11H,9-10H2,(H,19,20). The Morgan fingerprint density at radius 3 is 2.60 bits per heavy atom. The van der Waals surface area contributed by atoms with Gasteiger partial charge in [0.25, 0.3) is 0 Å². The van der Waals surface area contributed by atoms with Crippen molar-refractivity contribution in [3.05, 3.63) is 60.3 Å². The maximum absolute atomic E-state index is 10.9. The van der Waals surface area contributed by atoms with Gasteiger partial charge in [-0.1, -0.05) is 36.4 Å². The molecule has 3 aromatic rings. The minimum atomic E-state index is -0.792. The summed E-state index contributed by atoms with van der Waals surface area (Å²) >= 11 is 0. The molecule has 0 aliphatic rings.